The summed E-state index contributed by atoms with van der Waals surface area (Å²) in [5.74, 6) is 0.161. The molecule has 1 aromatic rings. The fourth-order valence-corrected chi connectivity index (χ4v) is 3.77. The van der Waals surface area contributed by atoms with Crippen LogP contribution in [0.1, 0.15) is 25.7 Å². The van der Waals surface area contributed by atoms with Crippen molar-refractivity contribution in [1.82, 2.24) is 4.90 Å². The molecule has 8 heteroatoms. The Morgan fingerprint density at radius 3 is 2.52 bits per heavy atom. The molecule has 1 aromatic carbocycles. The first-order valence-electron chi connectivity index (χ1n) is 10.1. The third kappa shape index (κ3) is 9.97. The van der Waals surface area contributed by atoms with Crippen LogP contribution in [-0.4, -0.2) is 42.2 Å². The fourth-order valence-electron chi connectivity index (χ4n) is 3.49. The average molecular weight is 472 g/mol. The van der Waals surface area contributed by atoms with E-state index in [4.69, 9.17) is 39.5 Å². The van der Waals surface area contributed by atoms with Crippen LogP contribution in [0.5, 0.6) is 0 Å². The van der Waals surface area contributed by atoms with Crippen molar-refractivity contribution < 1.29 is 14.3 Å². The van der Waals surface area contributed by atoms with Gasteiger partial charge in [0.1, 0.15) is 12.6 Å². The molecule has 2 fully saturated rings. The van der Waals surface area contributed by atoms with Gasteiger partial charge in [-0.25, -0.2) is 4.39 Å². The van der Waals surface area contributed by atoms with Crippen LogP contribution in [0.4, 0.5) is 10.1 Å². The molecule has 1 saturated heterocycles. The van der Waals surface area contributed by atoms with Crippen molar-refractivity contribution in [1.29, 1.82) is 0 Å². The summed E-state index contributed by atoms with van der Waals surface area (Å²) in [5, 5.41) is 10.2. The highest BCUT2D eigenvalue weighted by atomic mass is 35.5. The van der Waals surface area contributed by atoms with Crippen LogP contribution in [0.15, 0.2) is 59.9 Å². The van der Waals surface area contributed by atoms with Gasteiger partial charge >= 0.3 is 0 Å². The van der Waals surface area contributed by atoms with Crippen molar-refractivity contribution in [3.63, 3.8) is 0 Å². The minimum Gasteiger partial charge on any atom is -0.399 e. The lowest BCUT2D eigenvalue weighted by Crippen LogP contribution is -2.45. The lowest BCUT2D eigenvalue weighted by Gasteiger charge is -2.28. The number of rotatable bonds is 7. The smallest absolute Gasteiger partial charge is 0.106 e. The Labute approximate surface area is 194 Å². The second-order valence-electron chi connectivity index (χ2n) is 7.55. The maximum absolute atomic E-state index is 14.3. The van der Waals surface area contributed by atoms with Gasteiger partial charge in [0.15, 0.2) is 0 Å². The number of carbonyl (C=O) groups excluding carboxylic acids is 1. The Morgan fingerprint density at radius 1 is 1.35 bits per heavy atom. The molecule has 3 atom stereocenters. The molecule has 5 N–H and O–H groups in total. The number of hydrogen-bond donors (Lipinski definition) is 3. The van der Waals surface area contributed by atoms with Gasteiger partial charge in [-0.2, -0.15) is 0 Å². The van der Waals surface area contributed by atoms with Gasteiger partial charge in [0.25, 0.3) is 0 Å². The SMILES string of the molecule is C=C(Cl)/C=C\C=C(/F)C1C[C@H](CCO)N(CC2CC2)C1N.C=O.Nc1cccc(Cl)c1. The first-order chi connectivity index (χ1) is 14.8. The molecule has 0 radical (unpaired) electrons. The van der Waals surface area contributed by atoms with Crippen LogP contribution in [-0.2, 0) is 4.79 Å². The van der Waals surface area contributed by atoms with Crippen molar-refractivity contribution in [3.8, 4) is 0 Å². The number of nitrogens with two attached hydrogens (primary N) is 2. The molecule has 2 aliphatic rings. The van der Waals surface area contributed by atoms with Crippen molar-refractivity contribution in [2.75, 3.05) is 18.9 Å². The van der Waals surface area contributed by atoms with Gasteiger partial charge in [0.05, 0.1) is 6.17 Å². The van der Waals surface area contributed by atoms with Gasteiger partial charge in [-0.3, -0.25) is 4.90 Å². The molecular weight excluding hydrogens is 440 g/mol. The van der Waals surface area contributed by atoms with Crippen molar-refractivity contribution in [3.05, 3.63) is 65.0 Å². The number of benzene rings is 1. The summed E-state index contributed by atoms with van der Waals surface area (Å²) in [6.07, 6.45) is 7.99. The van der Waals surface area contributed by atoms with E-state index in [1.165, 1.54) is 18.9 Å². The van der Waals surface area contributed by atoms with Crippen LogP contribution in [0.2, 0.25) is 5.02 Å². The quantitative estimate of drug-likeness (QED) is 0.397. The molecule has 1 heterocycles. The van der Waals surface area contributed by atoms with Gasteiger partial charge in [-0.15, -0.1) is 0 Å². The summed E-state index contributed by atoms with van der Waals surface area (Å²) in [5.41, 5.74) is 12.3. The number of allylic oxidation sites excluding steroid dienone is 4. The van der Waals surface area contributed by atoms with Gasteiger partial charge in [0.2, 0.25) is 0 Å². The van der Waals surface area contributed by atoms with E-state index in [0.29, 0.717) is 34.5 Å². The summed E-state index contributed by atoms with van der Waals surface area (Å²) < 4.78 is 14.3. The number of aliphatic hydroxyl groups excluding tert-OH is 1. The summed E-state index contributed by atoms with van der Waals surface area (Å²) in [4.78, 5) is 10.2. The highest BCUT2D eigenvalue weighted by Gasteiger charge is 2.42. The molecule has 172 valence electrons. The standard InChI is InChI=1S/C16H24ClFN2O.C6H6ClN.CH2O/c1-11(17)3-2-4-15(18)14-9-13(7-8-21)20(16(14)19)10-12-5-6-12;7-5-2-1-3-6(8)4-5;1-2/h2-4,12-14,16,21H,1,5-10,19H2;1-4H,8H2;1H2/b3-2-,15-4-;;/t13-,14?,16?;;/m0../s1. The van der Waals surface area contributed by atoms with E-state index in [2.05, 4.69) is 11.5 Å². The van der Waals surface area contributed by atoms with Gasteiger partial charge in [-0.05, 0) is 62.0 Å². The van der Waals surface area contributed by atoms with E-state index in [1.807, 2.05) is 12.9 Å². The predicted octanol–water partition coefficient (Wildman–Crippen LogP) is 4.65. The van der Waals surface area contributed by atoms with Crippen LogP contribution in [0, 0.1) is 11.8 Å². The number of halogens is 3. The number of carbonyl (C=O) groups is 1. The fraction of sp³-hybridized carbons (Fsp3) is 0.435. The molecule has 1 saturated carbocycles. The summed E-state index contributed by atoms with van der Waals surface area (Å²) >= 11 is 11.2. The van der Waals surface area contributed by atoms with Crippen LogP contribution < -0.4 is 11.5 Å². The average Bonchev–Trinajstić information content (AvgIpc) is 3.49. The Kier molecular flexibility index (Phi) is 12.7. The second kappa shape index (κ2) is 14.4. The molecule has 3 rings (SSSR count). The maximum Gasteiger partial charge on any atom is 0.106 e. The topological polar surface area (TPSA) is 92.6 Å². The van der Waals surface area contributed by atoms with Crippen molar-refractivity contribution >= 4 is 35.7 Å². The molecule has 0 amide bonds. The van der Waals surface area contributed by atoms with Crippen molar-refractivity contribution in [2.24, 2.45) is 17.6 Å². The highest BCUT2D eigenvalue weighted by Crippen LogP contribution is 2.38. The zero-order chi connectivity index (χ0) is 23.4. The number of hydrogen-bond acceptors (Lipinski definition) is 5. The minimum atomic E-state index is -0.314. The third-order valence-electron chi connectivity index (χ3n) is 5.15. The number of nitrogens with zero attached hydrogens (tertiary/aromatic N) is 1. The largest absolute Gasteiger partial charge is 0.399 e. The van der Waals surface area contributed by atoms with E-state index in [0.717, 1.165) is 6.54 Å². The maximum atomic E-state index is 14.3. The lowest BCUT2D eigenvalue weighted by molar-refractivity contribution is -0.0979. The Hall–Kier alpha value is -1.70. The molecule has 5 nitrogen and oxygen atoms in total. The van der Waals surface area contributed by atoms with E-state index in [1.54, 1.807) is 30.4 Å². The summed E-state index contributed by atoms with van der Waals surface area (Å²) in [6, 6.07) is 7.28. The van der Waals surface area contributed by atoms with E-state index in [9.17, 15) is 9.50 Å². The molecule has 1 aliphatic heterocycles. The van der Waals surface area contributed by atoms with Crippen LogP contribution in [0.3, 0.4) is 0 Å². The van der Waals surface area contributed by atoms with Crippen LogP contribution >= 0.6 is 23.2 Å². The predicted molar refractivity (Wildman–Crippen MR) is 127 cm³/mol. The van der Waals surface area contributed by atoms with Gasteiger partial charge in [0, 0.05) is 40.9 Å². The van der Waals surface area contributed by atoms with E-state index < -0.39 is 0 Å². The molecular formula is C23H32Cl2FN3O2. The molecule has 2 unspecified atom stereocenters. The monoisotopic (exact) mass is 471 g/mol. The summed E-state index contributed by atoms with van der Waals surface area (Å²) in [6.45, 7) is 6.55. The molecule has 1 aliphatic carbocycles. The molecule has 0 spiro atoms. The lowest BCUT2D eigenvalue weighted by atomic mass is 10.0. The molecule has 0 bridgehead atoms. The number of anilines is 1. The second-order valence-corrected chi connectivity index (χ2v) is 8.47. The van der Waals surface area contributed by atoms with Crippen molar-refractivity contribution in [2.45, 2.75) is 37.9 Å². The third-order valence-corrected chi connectivity index (χ3v) is 5.51. The van der Waals surface area contributed by atoms with Gasteiger partial charge < -0.3 is 21.4 Å². The number of likely N-dealkylation sites (tertiary alicyclic amines) is 1. The Balaban J connectivity index is 0.000000400. The number of aliphatic hydroxyl groups is 1. The molecule has 0 aromatic heterocycles. The van der Waals surface area contributed by atoms with E-state index >= 15 is 0 Å². The van der Waals surface area contributed by atoms with Crippen LogP contribution in [0.25, 0.3) is 0 Å². The zero-order valence-electron chi connectivity index (χ0n) is 17.6. The minimum absolute atomic E-state index is 0.114. The Bertz CT molecular complexity index is 739. The van der Waals surface area contributed by atoms with E-state index in [-0.39, 0.29) is 30.6 Å². The number of nitrogen functional groups attached to an aromatic ring is 1. The zero-order valence-corrected chi connectivity index (χ0v) is 19.1. The summed E-state index contributed by atoms with van der Waals surface area (Å²) in [7, 11) is 0. The molecule has 31 heavy (non-hydrogen) atoms. The highest BCUT2D eigenvalue weighted by molar-refractivity contribution is 6.31. The Morgan fingerprint density at radius 2 is 2.03 bits per heavy atom. The van der Waals surface area contributed by atoms with Gasteiger partial charge in [-0.1, -0.05) is 41.9 Å². The first kappa shape index (κ1) is 27.3. The normalized spacial score (nSPS) is 23.6. The first-order valence-corrected chi connectivity index (χ1v) is 10.9.